The number of hydrogen-bond acceptors (Lipinski definition) is 4. The van der Waals surface area contributed by atoms with E-state index in [4.69, 9.17) is 15.9 Å². The minimum absolute atomic E-state index is 0.0559. The van der Waals surface area contributed by atoms with Crippen LogP contribution in [0.5, 0.6) is 5.75 Å². The highest BCUT2D eigenvalue weighted by Crippen LogP contribution is 2.28. The molecule has 0 bridgehead atoms. The first kappa shape index (κ1) is 11.8. The van der Waals surface area contributed by atoms with Gasteiger partial charge in [0.25, 0.3) is 9.05 Å². The highest BCUT2D eigenvalue weighted by Gasteiger charge is 2.18. The van der Waals surface area contributed by atoms with Crippen molar-refractivity contribution in [1.29, 1.82) is 5.26 Å². The van der Waals surface area contributed by atoms with Crippen LogP contribution in [0.4, 0.5) is 0 Å². The Bertz CT molecular complexity index is 531. The number of halogens is 1. The van der Waals surface area contributed by atoms with Crippen molar-refractivity contribution in [2.24, 2.45) is 0 Å². The molecule has 1 N–H and O–H groups in total. The van der Waals surface area contributed by atoms with Gasteiger partial charge in [0, 0.05) is 16.7 Å². The summed E-state index contributed by atoms with van der Waals surface area (Å²) in [5, 5.41) is 18.2. The van der Waals surface area contributed by atoms with Gasteiger partial charge in [0.2, 0.25) is 0 Å². The van der Waals surface area contributed by atoms with Gasteiger partial charge in [-0.1, -0.05) is 6.92 Å². The van der Waals surface area contributed by atoms with Crippen LogP contribution in [0.3, 0.4) is 0 Å². The van der Waals surface area contributed by atoms with E-state index < -0.39 is 9.05 Å². The maximum atomic E-state index is 11.1. The van der Waals surface area contributed by atoms with Crippen molar-refractivity contribution < 1.29 is 13.5 Å². The molecule has 80 valence electrons. The van der Waals surface area contributed by atoms with Crippen LogP contribution in [0, 0.1) is 11.3 Å². The van der Waals surface area contributed by atoms with Gasteiger partial charge in [0.1, 0.15) is 16.7 Å². The minimum atomic E-state index is -4.00. The maximum absolute atomic E-state index is 11.1. The average Bonchev–Trinajstić information content (AvgIpc) is 2.16. The van der Waals surface area contributed by atoms with Gasteiger partial charge in [-0.05, 0) is 18.1 Å². The summed E-state index contributed by atoms with van der Waals surface area (Å²) in [4.78, 5) is -0.360. The number of rotatable bonds is 2. The predicted octanol–water partition coefficient (Wildman–Crippen LogP) is 1.75. The Morgan fingerprint density at radius 1 is 1.53 bits per heavy atom. The summed E-state index contributed by atoms with van der Waals surface area (Å²) >= 11 is 0. The lowest BCUT2D eigenvalue weighted by Gasteiger charge is -2.05. The number of aromatic hydroxyl groups is 1. The zero-order valence-corrected chi connectivity index (χ0v) is 9.43. The number of nitriles is 1. The molecule has 0 aliphatic heterocycles. The SMILES string of the molecule is CCc1cc(C#N)c(S(=O)(=O)Cl)cc1O. The van der Waals surface area contributed by atoms with Crippen molar-refractivity contribution in [2.45, 2.75) is 18.2 Å². The molecular formula is C9H8ClNO3S. The summed E-state index contributed by atoms with van der Waals surface area (Å²) in [6.45, 7) is 1.78. The molecule has 0 fully saturated rings. The summed E-state index contributed by atoms with van der Waals surface area (Å²) in [7, 11) is 1.12. The Labute approximate surface area is 92.1 Å². The Morgan fingerprint density at radius 3 is 2.53 bits per heavy atom. The average molecular weight is 246 g/mol. The van der Waals surface area contributed by atoms with Crippen LogP contribution in [0.1, 0.15) is 18.1 Å². The second-order valence-corrected chi connectivity index (χ2v) is 5.41. The summed E-state index contributed by atoms with van der Waals surface area (Å²) in [5.41, 5.74) is 0.454. The Balaban J connectivity index is 3.57. The van der Waals surface area contributed by atoms with E-state index in [9.17, 15) is 13.5 Å². The minimum Gasteiger partial charge on any atom is -0.508 e. The number of phenolic OH excluding ortho intramolecular Hbond substituents is 1. The van der Waals surface area contributed by atoms with Crippen molar-refractivity contribution in [3.63, 3.8) is 0 Å². The Morgan fingerprint density at radius 2 is 2.13 bits per heavy atom. The second-order valence-electron chi connectivity index (χ2n) is 2.88. The van der Waals surface area contributed by atoms with Crippen LogP contribution >= 0.6 is 10.7 Å². The monoisotopic (exact) mass is 245 g/mol. The molecule has 0 aliphatic carbocycles. The van der Waals surface area contributed by atoms with E-state index in [0.29, 0.717) is 12.0 Å². The van der Waals surface area contributed by atoms with E-state index in [-0.39, 0.29) is 16.2 Å². The topological polar surface area (TPSA) is 78.2 Å². The normalized spacial score (nSPS) is 11.0. The van der Waals surface area contributed by atoms with Gasteiger partial charge in [0.15, 0.2) is 0 Å². The first-order valence-corrected chi connectivity index (χ1v) is 6.41. The lowest BCUT2D eigenvalue weighted by Crippen LogP contribution is -1.97. The van der Waals surface area contributed by atoms with Crippen LogP contribution in [0.2, 0.25) is 0 Å². The van der Waals surface area contributed by atoms with Gasteiger partial charge in [0.05, 0.1) is 5.56 Å². The molecule has 0 saturated heterocycles. The van der Waals surface area contributed by atoms with Gasteiger partial charge < -0.3 is 5.11 Å². The fourth-order valence-electron chi connectivity index (χ4n) is 1.19. The van der Waals surface area contributed by atoms with Gasteiger partial charge in [-0.15, -0.1) is 0 Å². The summed E-state index contributed by atoms with van der Waals surface area (Å²) < 4.78 is 22.1. The number of nitrogens with zero attached hydrogens (tertiary/aromatic N) is 1. The third-order valence-corrected chi connectivity index (χ3v) is 3.31. The third-order valence-electron chi connectivity index (χ3n) is 1.94. The standard InChI is InChI=1S/C9H8ClNO3S/c1-2-6-3-7(5-11)9(4-8(6)12)15(10,13)14/h3-4,12H,2H2,1H3. The van der Waals surface area contributed by atoms with Crippen molar-refractivity contribution in [1.82, 2.24) is 0 Å². The first-order chi connectivity index (χ1) is 6.90. The van der Waals surface area contributed by atoms with Crippen LogP contribution < -0.4 is 0 Å². The smallest absolute Gasteiger partial charge is 0.262 e. The molecule has 6 heteroatoms. The molecule has 1 aromatic rings. The molecule has 0 amide bonds. The number of benzene rings is 1. The molecule has 0 aliphatic rings. The number of hydrogen-bond donors (Lipinski definition) is 1. The van der Waals surface area contributed by atoms with Crippen molar-refractivity contribution in [2.75, 3.05) is 0 Å². The molecular weight excluding hydrogens is 238 g/mol. The van der Waals surface area contributed by atoms with Gasteiger partial charge in [-0.3, -0.25) is 0 Å². The van der Waals surface area contributed by atoms with Crippen LogP contribution in [-0.4, -0.2) is 13.5 Å². The highest BCUT2D eigenvalue weighted by atomic mass is 35.7. The molecule has 0 atom stereocenters. The summed E-state index contributed by atoms with van der Waals surface area (Å²) in [6, 6.07) is 4.05. The molecule has 15 heavy (non-hydrogen) atoms. The molecule has 0 spiro atoms. The van der Waals surface area contributed by atoms with E-state index >= 15 is 0 Å². The lowest BCUT2D eigenvalue weighted by atomic mass is 10.1. The molecule has 0 aromatic heterocycles. The fourth-order valence-corrected chi connectivity index (χ4v) is 2.19. The highest BCUT2D eigenvalue weighted by molar-refractivity contribution is 8.13. The molecule has 0 saturated carbocycles. The van der Waals surface area contributed by atoms with E-state index in [1.807, 2.05) is 0 Å². The van der Waals surface area contributed by atoms with Crippen molar-refractivity contribution in [3.05, 3.63) is 23.3 Å². The Kier molecular flexibility index (Phi) is 3.22. The quantitative estimate of drug-likeness (QED) is 0.806. The third kappa shape index (κ3) is 2.41. The van der Waals surface area contributed by atoms with E-state index in [1.54, 1.807) is 13.0 Å². The van der Waals surface area contributed by atoms with Gasteiger partial charge in [-0.2, -0.15) is 5.26 Å². The van der Waals surface area contributed by atoms with Crippen molar-refractivity contribution >= 4 is 19.7 Å². The number of aryl methyl sites for hydroxylation is 1. The summed E-state index contributed by atoms with van der Waals surface area (Å²) in [6.07, 6.45) is 0.503. The molecule has 0 unspecified atom stereocenters. The van der Waals surface area contributed by atoms with Gasteiger partial charge in [-0.25, -0.2) is 8.42 Å². The number of phenols is 1. The largest absolute Gasteiger partial charge is 0.508 e. The van der Waals surface area contributed by atoms with E-state index in [2.05, 4.69) is 0 Å². The zero-order valence-electron chi connectivity index (χ0n) is 7.86. The Hall–Kier alpha value is -1.25. The van der Waals surface area contributed by atoms with Crippen molar-refractivity contribution in [3.8, 4) is 11.8 Å². The van der Waals surface area contributed by atoms with Crippen LogP contribution in [-0.2, 0) is 15.5 Å². The maximum Gasteiger partial charge on any atom is 0.262 e. The molecule has 1 aromatic carbocycles. The molecule has 1 rings (SSSR count). The van der Waals surface area contributed by atoms with Gasteiger partial charge >= 0.3 is 0 Å². The fraction of sp³-hybridized carbons (Fsp3) is 0.222. The first-order valence-electron chi connectivity index (χ1n) is 4.10. The van der Waals surface area contributed by atoms with E-state index in [0.717, 1.165) is 6.07 Å². The second kappa shape index (κ2) is 4.09. The van der Waals surface area contributed by atoms with E-state index in [1.165, 1.54) is 6.07 Å². The predicted molar refractivity (Wildman–Crippen MR) is 55.2 cm³/mol. The molecule has 0 heterocycles. The zero-order chi connectivity index (χ0) is 11.6. The lowest BCUT2D eigenvalue weighted by molar-refractivity contribution is 0.466. The molecule has 0 radical (unpaired) electrons. The molecule has 4 nitrogen and oxygen atoms in total. The van der Waals surface area contributed by atoms with Crippen LogP contribution in [0.25, 0.3) is 0 Å². The van der Waals surface area contributed by atoms with Crippen LogP contribution in [0.15, 0.2) is 17.0 Å². The summed E-state index contributed by atoms with van der Waals surface area (Å²) in [5.74, 6) is -0.171.